The monoisotopic (exact) mass is 360 g/mol. The first-order valence-corrected chi connectivity index (χ1v) is 8.44. The van der Waals surface area contributed by atoms with Crippen LogP contribution >= 0.6 is 11.8 Å². The lowest BCUT2D eigenvalue weighted by atomic mass is 10.2. The van der Waals surface area contributed by atoms with Crippen molar-refractivity contribution in [2.45, 2.75) is 11.8 Å². The van der Waals surface area contributed by atoms with E-state index in [0.29, 0.717) is 23.1 Å². The molecule has 0 saturated heterocycles. The summed E-state index contributed by atoms with van der Waals surface area (Å²) in [6.07, 6.45) is 1.53. The molecule has 3 aromatic rings. The minimum Gasteiger partial charge on any atom is -0.431 e. The lowest BCUT2D eigenvalue weighted by Gasteiger charge is -2.04. The molecule has 0 radical (unpaired) electrons. The fraction of sp³-hybridized carbons (Fsp3) is 0.111. The average Bonchev–Trinajstić information content (AvgIpc) is 3.09. The summed E-state index contributed by atoms with van der Waals surface area (Å²) in [6.45, 7) is 0.325. The molecule has 128 valence electrons. The van der Waals surface area contributed by atoms with Crippen molar-refractivity contribution in [1.82, 2.24) is 10.3 Å². The Labute approximate surface area is 147 Å². The Morgan fingerprint density at radius 1 is 1.04 bits per heavy atom. The number of hydrogen-bond donors (Lipinski definition) is 1. The number of rotatable bonds is 6. The summed E-state index contributed by atoms with van der Waals surface area (Å²) in [4.78, 5) is 15.9. The summed E-state index contributed by atoms with van der Waals surface area (Å²) in [5, 5.41) is 3.10. The molecule has 1 heterocycles. The van der Waals surface area contributed by atoms with Crippen LogP contribution in [-0.4, -0.2) is 16.6 Å². The molecule has 0 aliphatic rings. The second-order valence-corrected chi connectivity index (χ2v) is 6.12. The molecule has 0 atom stereocenters. The minimum absolute atomic E-state index is 0.143. The molecule has 0 saturated carbocycles. The summed E-state index contributed by atoms with van der Waals surface area (Å²) in [5.41, 5.74) is 1.52. The van der Waals surface area contributed by atoms with Crippen LogP contribution in [0.25, 0.3) is 11.3 Å². The second-order valence-electron chi connectivity index (χ2n) is 5.19. The zero-order valence-electron chi connectivity index (χ0n) is 13.0. The number of benzene rings is 2. The number of thioether (sulfide) groups is 1. The molecule has 4 nitrogen and oxygen atoms in total. The maximum Gasteiger partial charge on any atom is 0.256 e. The molecule has 7 heteroatoms. The van der Waals surface area contributed by atoms with E-state index in [0.717, 1.165) is 17.3 Å². The van der Waals surface area contributed by atoms with E-state index in [4.69, 9.17) is 4.42 Å². The van der Waals surface area contributed by atoms with E-state index in [-0.39, 0.29) is 23.3 Å². The van der Waals surface area contributed by atoms with Gasteiger partial charge in [-0.05, 0) is 42.0 Å². The van der Waals surface area contributed by atoms with E-state index in [1.807, 2.05) is 0 Å². The highest BCUT2D eigenvalue weighted by Gasteiger charge is 2.10. The van der Waals surface area contributed by atoms with Crippen molar-refractivity contribution < 1.29 is 18.0 Å². The van der Waals surface area contributed by atoms with Gasteiger partial charge in [-0.25, -0.2) is 13.8 Å². The van der Waals surface area contributed by atoms with Gasteiger partial charge in [-0.3, -0.25) is 4.79 Å². The van der Waals surface area contributed by atoms with Crippen LogP contribution < -0.4 is 5.32 Å². The smallest absolute Gasteiger partial charge is 0.256 e. The standard InChI is InChI=1S/C18H14F2N2O2S/c19-14-5-1-12(2-6-14)9-21-17(23)11-25-18-22-10-16(24-18)13-3-7-15(20)8-4-13/h1-8,10H,9,11H2,(H,21,23). The van der Waals surface area contributed by atoms with Gasteiger partial charge in [0.15, 0.2) is 5.76 Å². The van der Waals surface area contributed by atoms with Gasteiger partial charge in [0.25, 0.3) is 5.22 Å². The van der Waals surface area contributed by atoms with Crippen molar-refractivity contribution in [1.29, 1.82) is 0 Å². The molecule has 0 aliphatic carbocycles. The summed E-state index contributed by atoms with van der Waals surface area (Å²) < 4.78 is 31.3. The van der Waals surface area contributed by atoms with E-state index in [2.05, 4.69) is 10.3 Å². The summed E-state index contributed by atoms with van der Waals surface area (Å²) >= 11 is 1.16. The van der Waals surface area contributed by atoms with Crippen LogP contribution in [0.15, 0.2) is 64.4 Å². The number of halogens is 2. The van der Waals surface area contributed by atoms with Gasteiger partial charge in [-0.2, -0.15) is 0 Å². The van der Waals surface area contributed by atoms with Gasteiger partial charge >= 0.3 is 0 Å². The molecule has 1 N–H and O–H groups in total. The number of aromatic nitrogens is 1. The first-order valence-electron chi connectivity index (χ1n) is 7.46. The highest BCUT2D eigenvalue weighted by Crippen LogP contribution is 2.25. The van der Waals surface area contributed by atoms with Crippen LogP contribution in [0.4, 0.5) is 8.78 Å². The van der Waals surface area contributed by atoms with E-state index >= 15 is 0 Å². The predicted molar refractivity (Wildman–Crippen MR) is 90.9 cm³/mol. The summed E-state index contributed by atoms with van der Waals surface area (Å²) in [5.74, 6) is -0.169. The Morgan fingerprint density at radius 2 is 1.68 bits per heavy atom. The maximum absolute atomic E-state index is 12.9. The van der Waals surface area contributed by atoms with Crippen molar-refractivity contribution in [2.24, 2.45) is 0 Å². The third-order valence-electron chi connectivity index (χ3n) is 3.34. The minimum atomic E-state index is -0.323. The fourth-order valence-corrected chi connectivity index (χ4v) is 2.69. The third kappa shape index (κ3) is 4.90. The van der Waals surface area contributed by atoms with Crippen LogP contribution in [-0.2, 0) is 11.3 Å². The molecule has 1 amide bonds. The molecule has 25 heavy (non-hydrogen) atoms. The van der Waals surface area contributed by atoms with E-state index in [1.165, 1.54) is 30.5 Å². The molecular weight excluding hydrogens is 346 g/mol. The van der Waals surface area contributed by atoms with Crippen molar-refractivity contribution >= 4 is 17.7 Å². The van der Waals surface area contributed by atoms with Gasteiger partial charge in [-0.15, -0.1) is 0 Å². The number of carbonyl (C=O) groups is 1. The van der Waals surface area contributed by atoms with Crippen LogP contribution in [0.1, 0.15) is 5.56 Å². The van der Waals surface area contributed by atoms with Gasteiger partial charge in [0.2, 0.25) is 5.91 Å². The van der Waals surface area contributed by atoms with Crippen molar-refractivity contribution in [3.05, 3.63) is 71.9 Å². The molecule has 2 aromatic carbocycles. The maximum atomic E-state index is 12.9. The van der Waals surface area contributed by atoms with Gasteiger partial charge in [-0.1, -0.05) is 23.9 Å². The predicted octanol–water partition coefficient (Wildman–Crippen LogP) is 4.03. The third-order valence-corrected chi connectivity index (χ3v) is 4.19. The zero-order valence-corrected chi connectivity index (χ0v) is 13.9. The first-order chi connectivity index (χ1) is 12.1. The molecule has 0 fully saturated rings. The summed E-state index contributed by atoms with van der Waals surface area (Å²) in [6, 6.07) is 11.8. The Morgan fingerprint density at radius 3 is 2.36 bits per heavy atom. The highest BCUT2D eigenvalue weighted by atomic mass is 32.2. The van der Waals surface area contributed by atoms with Gasteiger partial charge in [0.1, 0.15) is 11.6 Å². The van der Waals surface area contributed by atoms with Crippen LogP contribution in [0, 0.1) is 11.6 Å². The van der Waals surface area contributed by atoms with Crippen LogP contribution in [0.5, 0.6) is 0 Å². The highest BCUT2D eigenvalue weighted by molar-refractivity contribution is 7.99. The average molecular weight is 360 g/mol. The quantitative estimate of drug-likeness (QED) is 0.675. The topological polar surface area (TPSA) is 55.1 Å². The van der Waals surface area contributed by atoms with E-state index in [1.54, 1.807) is 24.3 Å². The van der Waals surface area contributed by atoms with E-state index in [9.17, 15) is 13.6 Å². The number of carbonyl (C=O) groups excluding carboxylic acids is 1. The molecular formula is C18H14F2N2O2S. The molecule has 0 aliphatic heterocycles. The number of nitrogens with zero attached hydrogens (tertiary/aromatic N) is 1. The lowest BCUT2D eigenvalue weighted by molar-refractivity contribution is -0.118. The molecule has 3 rings (SSSR count). The zero-order chi connectivity index (χ0) is 17.6. The molecule has 0 bridgehead atoms. The van der Waals surface area contributed by atoms with E-state index < -0.39 is 0 Å². The molecule has 0 unspecified atom stereocenters. The first kappa shape index (κ1) is 17.2. The van der Waals surface area contributed by atoms with Gasteiger partial charge in [0.05, 0.1) is 11.9 Å². The van der Waals surface area contributed by atoms with Crippen LogP contribution in [0.3, 0.4) is 0 Å². The Kier molecular flexibility index (Phi) is 5.45. The molecule has 0 spiro atoms. The second kappa shape index (κ2) is 7.94. The Balaban J connectivity index is 1.49. The largest absolute Gasteiger partial charge is 0.431 e. The number of hydrogen-bond acceptors (Lipinski definition) is 4. The SMILES string of the molecule is O=C(CSc1ncc(-c2ccc(F)cc2)o1)NCc1ccc(F)cc1. The normalized spacial score (nSPS) is 10.6. The van der Waals surface area contributed by atoms with Gasteiger partial charge in [0, 0.05) is 12.1 Å². The van der Waals surface area contributed by atoms with Crippen molar-refractivity contribution in [3.63, 3.8) is 0 Å². The Hall–Kier alpha value is -2.67. The van der Waals surface area contributed by atoms with Gasteiger partial charge < -0.3 is 9.73 Å². The van der Waals surface area contributed by atoms with Crippen molar-refractivity contribution in [3.8, 4) is 11.3 Å². The fourth-order valence-electron chi connectivity index (χ4n) is 2.05. The number of oxazole rings is 1. The summed E-state index contributed by atoms with van der Waals surface area (Å²) in [7, 11) is 0. The van der Waals surface area contributed by atoms with Crippen molar-refractivity contribution in [2.75, 3.05) is 5.75 Å². The number of nitrogens with one attached hydrogen (secondary N) is 1. The number of amides is 1. The lowest BCUT2D eigenvalue weighted by Crippen LogP contribution is -2.24. The Bertz CT molecular complexity index is 848. The van der Waals surface area contributed by atoms with Crippen LogP contribution in [0.2, 0.25) is 0 Å². The molecule has 1 aromatic heterocycles.